The fourth-order valence-corrected chi connectivity index (χ4v) is 4.31. The van der Waals surface area contributed by atoms with Crippen LogP contribution in [0.4, 0.5) is 0 Å². The van der Waals surface area contributed by atoms with E-state index in [1.165, 1.54) is 22.5 Å². The second-order valence-corrected chi connectivity index (χ2v) is 7.08. The number of sulfonamides is 1. The zero-order valence-corrected chi connectivity index (χ0v) is 12.9. The molecule has 2 rings (SSSR count). The summed E-state index contributed by atoms with van der Waals surface area (Å²) < 4.78 is 32.0. The maximum Gasteiger partial charge on any atom is 0.244 e. The second kappa shape index (κ2) is 6.30. The van der Waals surface area contributed by atoms with E-state index in [0.717, 1.165) is 0 Å². The van der Waals surface area contributed by atoms with Crippen LogP contribution in [0.25, 0.3) is 0 Å². The molecule has 114 valence electrons. The average molecular weight is 331 g/mol. The first-order valence-corrected chi connectivity index (χ1v) is 8.16. The highest BCUT2D eigenvalue weighted by atomic mass is 35.5. The summed E-state index contributed by atoms with van der Waals surface area (Å²) >= 11 is 5.99. The molecule has 8 heteroatoms. The number of rotatable bonds is 3. The number of morpholine rings is 1. The monoisotopic (exact) mass is 330 g/mol. The molecule has 1 fully saturated rings. The lowest BCUT2D eigenvalue weighted by molar-refractivity contribution is -0.0516. The Bertz CT molecular complexity index is 671. The summed E-state index contributed by atoms with van der Waals surface area (Å²) in [5.41, 5.74) is 0.294. The van der Waals surface area contributed by atoms with Gasteiger partial charge in [0.05, 0.1) is 36.0 Å². The van der Waals surface area contributed by atoms with Crippen LogP contribution >= 0.6 is 11.6 Å². The standard InChI is InChI=1S/C13H15ClN2O4S/c1-9-8-20-11(7-17)6-16(9)21(18,19)13-3-2-10(5-15)4-12(13)14/h2-4,9,11,17H,6-8H2,1H3. The van der Waals surface area contributed by atoms with Crippen LogP contribution < -0.4 is 0 Å². The lowest BCUT2D eigenvalue weighted by Crippen LogP contribution is -2.51. The number of nitriles is 1. The zero-order chi connectivity index (χ0) is 15.6. The number of aliphatic hydroxyl groups excluding tert-OH is 1. The number of hydrogen-bond donors (Lipinski definition) is 1. The predicted molar refractivity (Wildman–Crippen MR) is 76.3 cm³/mol. The molecule has 0 spiro atoms. The molecule has 2 atom stereocenters. The van der Waals surface area contributed by atoms with Crippen molar-refractivity contribution in [2.75, 3.05) is 19.8 Å². The minimum Gasteiger partial charge on any atom is -0.394 e. The van der Waals surface area contributed by atoms with Crippen LogP contribution in [0.1, 0.15) is 12.5 Å². The Labute approximate surface area is 128 Å². The number of halogens is 1. The van der Waals surface area contributed by atoms with Gasteiger partial charge in [0, 0.05) is 12.6 Å². The molecule has 0 saturated carbocycles. The third-order valence-electron chi connectivity index (χ3n) is 3.30. The first-order chi connectivity index (χ1) is 9.90. The van der Waals surface area contributed by atoms with Gasteiger partial charge in [0.1, 0.15) is 4.90 Å². The largest absolute Gasteiger partial charge is 0.394 e. The molecular weight excluding hydrogens is 316 g/mol. The van der Waals surface area contributed by atoms with E-state index >= 15 is 0 Å². The van der Waals surface area contributed by atoms with Crippen LogP contribution in [0.15, 0.2) is 23.1 Å². The summed E-state index contributed by atoms with van der Waals surface area (Å²) in [5.74, 6) is 0. The number of benzene rings is 1. The fourth-order valence-electron chi connectivity index (χ4n) is 2.14. The summed E-state index contributed by atoms with van der Waals surface area (Å²) in [6.07, 6.45) is -0.548. The van der Waals surface area contributed by atoms with Crippen molar-refractivity contribution >= 4 is 21.6 Å². The van der Waals surface area contributed by atoms with E-state index in [2.05, 4.69) is 0 Å². The molecular formula is C13H15ClN2O4S. The van der Waals surface area contributed by atoms with Crippen LogP contribution in [-0.4, -0.2) is 49.7 Å². The van der Waals surface area contributed by atoms with E-state index < -0.39 is 16.1 Å². The van der Waals surface area contributed by atoms with E-state index in [4.69, 9.17) is 26.7 Å². The molecule has 0 bridgehead atoms. The maximum atomic E-state index is 12.7. The Balaban J connectivity index is 2.39. The van der Waals surface area contributed by atoms with Crippen molar-refractivity contribution in [3.05, 3.63) is 28.8 Å². The third kappa shape index (κ3) is 3.20. The van der Waals surface area contributed by atoms with Gasteiger partial charge in [-0.25, -0.2) is 8.42 Å². The molecule has 0 aliphatic carbocycles. The second-order valence-electron chi connectivity index (χ2n) is 4.82. The predicted octanol–water partition coefficient (Wildman–Crippen LogP) is 0.982. The molecule has 0 amide bonds. The van der Waals surface area contributed by atoms with Crippen molar-refractivity contribution in [1.82, 2.24) is 4.31 Å². The Morgan fingerprint density at radius 2 is 2.29 bits per heavy atom. The van der Waals surface area contributed by atoms with Gasteiger partial charge in [-0.1, -0.05) is 11.6 Å². The quantitative estimate of drug-likeness (QED) is 0.892. The minimum absolute atomic E-state index is 0.00768. The number of hydrogen-bond acceptors (Lipinski definition) is 5. The van der Waals surface area contributed by atoms with E-state index in [0.29, 0.717) is 5.56 Å². The van der Waals surface area contributed by atoms with Crippen molar-refractivity contribution in [2.45, 2.75) is 24.0 Å². The molecule has 1 aromatic rings. The van der Waals surface area contributed by atoms with Gasteiger partial charge in [-0.05, 0) is 25.1 Å². The Hall–Kier alpha value is -1.17. The summed E-state index contributed by atoms with van der Waals surface area (Å²) in [5, 5.41) is 18.0. The van der Waals surface area contributed by atoms with Gasteiger partial charge in [-0.2, -0.15) is 9.57 Å². The molecule has 6 nitrogen and oxygen atoms in total. The molecule has 0 aromatic heterocycles. The van der Waals surface area contributed by atoms with Gasteiger partial charge in [-0.15, -0.1) is 0 Å². The summed E-state index contributed by atoms with van der Waals surface area (Å²) in [6, 6.07) is 5.61. The van der Waals surface area contributed by atoms with E-state index in [1.54, 1.807) is 6.92 Å². The summed E-state index contributed by atoms with van der Waals surface area (Å²) in [6.45, 7) is 1.75. The Morgan fingerprint density at radius 3 is 2.86 bits per heavy atom. The molecule has 1 N–H and O–H groups in total. The fraction of sp³-hybridized carbons (Fsp3) is 0.462. The molecule has 1 aliphatic rings. The van der Waals surface area contributed by atoms with Crippen LogP contribution in [0.2, 0.25) is 5.02 Å². The highest BCUT2D eigenvalue weighted by Gasteiger charge is 2.36. The molecule has 0 radical (unpaired) electrons. The average Bonchev–Trinajstić information content (AvgIpc) is 2.47. The van der Waals surface area contributed by atoms with Crippen molar-refractivity contribution in [1.29, 1.82) is 5.26 Å². The molecule has 1 aliphatic heterocycles. The van der Waals surface area contributed by atoms with Crippen molar-refractivity contribution < 1.29 is 18.3 Å². The number of aliphatic hydroxyl groups is 1. The van der Waals surface area contributed by atoms with E-state index in [9.17, 15) is 8.42 Å². The van der Waals surface area contributed by atoms with Crippen molar-refractivity contribution in [2.24, 2.45) is 0 Å². The Kier molecular flexibility index (Phi) is 4.86. The lowest BCUT2D eigenvalue weighted by atomic mass is 10.2. The third-order valence-corrected chi connectivity index (χ3v) is 5.76. The molecule has 1 heterocycles. The van der Waals surface area contributed by atoms with Crippen molar-refractivity contribution in [3.8, 4) is 6.07 Å². The lowest BCUT2D eigenvalue weighted by Gasteiger charge is -2.36. The molecule has 1 aromatic carbocycles. The Morgan fingerprint density at radius 1 is 1.57 bits per heavy atom. The SMILES string of the molecule is CC1COC(CO)CN1S(=O)(=O)c1ccc(C#N)cc1Cl. The highest BCUT2D eigenvalue weighted by Crippen LogP contribution is 2.28. The van der Waals surface area contributed by atoms with Gasteiger partial charge in [0.15, 0.2) is 0 Å². The number of ether oxygens (including phenoxy) is 1. The van der Waals surface area contributed by atoms with Crippen LogP contribution in [-0.2, 0) is 14.8 Å². The first-order valence-electron chi connectivity index (χ1n) is 6.34. The van der Waals surface area contributed by atoms with E-state index in [-0.39, 0.29) is 35.7 Å². The van der Waals surface area contributed by atoms with Crippen LogP contribution in [0.5, 0.6) is 0 Å². The topological polar surface area (TPSA) is 90.6 Å². The van der Waals surface area contributed by atoms with Gasteiger partial charge >= 0.3 is 0 Å². The zero-order valence-electron chi connectivity index (χ0n) is 11.4. The smallest absolute Gasteiger partial charge is 0.244 e. The van der Waals surface area contributed by atoms with Crippen molar-refractivity contribution in [3.63, 3.8) is 0 Å². The normalized spacial score (nSPS) is 23.7. The van der Waals surface area contributed by atoms with Gasteiger partial charge in [0.25, 0.3) is 0 Å². The van der Waals surface area contributed by atoms with Gasteiger partial charge in [0.2, 0.25) is 10.0 Å². The first kappa shape index (κ1) is 16.2. The number of nitrogens with zero attached hydrogens (tertiary/aromatic N) is 2. The highest BCUT2D eigenvalue weighted by molar-refractivity contribution is 7.89. The van der Waals surface area contributed by atoms with Gasteiger partial charge < -0.3 is 9.84 Å². The molecule has 21 heavy (non-hydrogen) atoms. The maximum absolute atomic E-state index is 12.7. The minimum atomic E-state index is -3.81. The molecule has 2 unspecified atom stereocenters. The van der Waals surface area contributed by atoms with Crippen LogP contribution in [0.3, 0.4) is 0 Å². The summed E-state index contributed by atoms with van der Waals surface area (Å²) in [4.78, 5) is -0.0476. The van der Waals surface area contributed by atoms with Crippen LogP contribution in [0, 0.1) is 11.3 Å². The van der Waals surface area contributed by atoms with E-state index in [1.807, 2.05) is 6.07 Å². The molecule has 1 saturated heterocycles. The summed E-state index contributed by atoms with van der Waals surface area (Å²) in [7, 11) is -3.81. The van der Waals surface area contributed by atoms with Gasteiger partial charge in [-0.3, -0.25) is 0 Å².